The fourth-order valence-corrected chi connectivity index (χ4v) is 1.59. The predicted octanol–water partition coefficient (Wildman–Crippen LogP) is 2.51. The van der Waals surface area contributed by atoms with Crippen molar-refractivity contribution >= 4 is 11.8 Å². The van der Waals surface area contributed by atoms with Crippen molar-refractivity contribution in [2.45, 2.75) is 32.4 Å². The number of carbonyl (C=O) groups is 1. The van der Waals surface area contributed by atoms with Crippen molar-refractivity contribution in [3.05, 3.63) is 29.8 Å². The van der Waals surface area contributed by atoms with Gasteiger partial charge in [0.15, 0.2) is 0 Å². The third kappa shape index (κ3) is 4.07. The smallest absolute Gasteiger partial charge is 0.411 e. The highest BCUT2D eigenvalue weighted by molar-refractivity contribution is 5.84. The molecule has 2 N–H and O–H groups in total. The monoisotopic (exact) mass is 234 g/mol. The van der Waals surface area contributed by atoms with Gasteiger partial charge in [-0.2, -0.15) is 0 Å². The standard InChI is InChI=1S/C13H18N2O2/c1-2-17-13(16)15-12-5-3-4-10(8-12)9-14-11-6-7-11/h3-5,8,11,14H,2,6-7,9H2,1H3,(H,15,16). The maximum absolute atomic E-state index is 11.3. The van der Waals surface area contributed by atoms with Crippen molar-refractivity contribution in [1.82, 2.24) is 5.32 Å². The van der Waals surface area contributed by atoms with Crippen LogP contribution in [0.4, 0.5) is 10.5 Å². The molecule has 0 heterocycles. The summed E-state index contributed by atoms with van der Waals surface area (Å²) in [7, 11) is 0. The zero-order valence-electron chi connectivity index (χ0n) is 10.0. The molecular formula is C13H18N2O2. The summed E-state index contributed by atoms with van der Waals surface area (Å²) < 4.78 is 4.83. The summed E-state index contributed by atoms with van der Waals surface area (Å²) in [5.74, 6) is 0. The number of ether oxygens (including phenoxy) is 1. The largest absolute Gasteiger partial charge is 0.450 e. The van der Waals surface area contributed by atoms with Gasteiger partial charge in [-0.15, -0.1) is 0 Å². The van der Waals surface area contributed by atoms with E-state index in [0.29, 0.717) is 12.6 Å². The number of benzene rings is 1. The highest BCUT2D eigenvalue weighted by Crippen LogP contribution is 2.19. The number of amides is 1. The van der Waals surface area contributed by atoms with Crippen LogP contribution in [0, 0.1) is 0 Å². The number of hydrogen-bond donors (Lipinski definition) is 2. The molecule has 4 nitrogen and oxygen atoms in total. The molecule has 1 saturated carbocycles. The van der Waals surface area contributed by atoms with Crippen LogP contribution in [0.25, 0.3) is 0 Å². The Labute approximate surface area is 101 Å². The van der Waals surface area contributed by atoms with Gasteiger partial charge >= 0.3 is 6.09 Å². The van der Waals surface area contributed by atoms with Crippen LogP contribution < -0.4 is 10.6 Å². The molecular weight excluding hydrogens is 216 g/mol. The van der Waals surface area contributed by atoms with Gasteiger partial charge in [-0.3, -0.25) is 5.32 Å². The fraction of sp³-hybridized carbons (Fsp3) is 0.462. The number of nitrogens with one attached hydrogen (secondary N) is 2. The molecule has 92 valence electrons. The van der Waals surface area contributed by atoms with Gasteiger partial charge in [0.1, 0.15) is 0 Å². The SMILES string of the molecule is CCOC(=O)Nc1cccc(CNC2CC2)c1. The Morgan fingerprint density at radius 2 is 2.29 bits per heavy atom. The second-order valence-corrected chi connectivity index (χ2v) is 4.20. The van der Waals surface area contributed by atoms with Crippen LogP contribution in [0.15, 0.2) is 24.3 Å². The number of rotatable bonds is 5. The van der Waals surface area contributed by atoms with Gasteiger partial charge < -0.3 is 10.1 Å². The topological polar surface area (TPSA) is 50.4 Å². The van der Waals surface area contributed by atoms with Gasteiger partial charge in [0, 0.05) is 18.3 Å². The Morgan fingerprint density at radius 3 is 3.00 bits per heavy atom. The van der Waals surface area contributed by atoms with Crippen molar-refractivity contribution in [2.24, 2.45) is 0 Å². The summed E-state index contributed by atoms with van der Waals surface area (Å²) in [4.78, 5) is 11.3. The molecule has 0 saturated heterocycles. The molecule has 0 spiro atoms. The van der Waals surface area contributed by atoms with E-state index >= 15 is 0 Å². The first-order chi connectivity index (χ1) is 8.28. The van der Waals surface area contributed by atoms with E-state index in [2.05, 4.69) is 10.6 Å². The van der Waals surface area contributed by atoms with E-state index in [4.69, 9.17) is 4.74 Å². The van der Waals surface area contributed by atoms with Gasteiger partial charge in [0.25, 0.3) is 0 Å². The highest BCUT2D eigenvalue weighted by Gasteiger charge is 2.19. The van der Waals surface area contributed by atoms with Crippen LogP contribution in [0.1, 0.15) is 25.3 Å². The summed E-state index contributed by atoms with van der Waals surface area (Å²) in [6, 6.07) is 8.50. The average Bonchev–Trinajstić information content (AvgIpc) is 3.11. The Hall–Kier alpha value is -1.55. The predicted molar refractivity (Wildman–Crippen MR) is 66.9 cm³/mol. The van der Waals surface area contributed by atoms with E-state index in [9.17, 15) is 4.79 Å². The van der Waals surface area contributed by atoms with Crippen LogP contribution >= 0.6 is 0 Å². The fourth-order valence-electron chi connectivity index (χ4n) is 1.59. The lowest BCUT2D eigenvalue weighted by molar-refractivity contribution is 0.168. The second kappa shape index (κ2) is 5.68. The third-order valence-electron chi connectivity index (χ3n) is 2.62. The van der Waals surface area contributed by atoms with Gasteiger partial charge in [0.2, 0.25) is 0 Å². The molecule has 0 atom stereocenters. The van der Waals surface area contributed by atoms with E-state index in [1.807, 2.05) is 24.3 Å². The molecule has 1 aliphatic carbocycles. The Bertz CT molecular complexity index is 389. The van der Waals surface area contributed by atoms with Crippen molar-refractivity contribution in [3.63, 3.8) is 0 Å². The molecule has 0 aliphatic heterocycles. The quantitative estimate of drug-likeness (QED) is 0.823. The molecule has 0 radical (unpaired) electrons. The molecule has 0 aromatic heterocycles. The van der Waals surface area contributed by atoms with Crippen LogP contribution in [0.3, 0.4) is 0 Å². The van der Waals surface area contributed by atoms with Gasteiger partial charge in [0.05, 0.1) is 6.61 Å². The molecule has 0 unspecified atom stereocenters. The summed E-state index contributed by atoms with van der Waals surface area (Å²) in [6.45, 7) is 3.02. The maximum atomic E-state index is 11.3. The first-order valence-electron chi connectivity index (χ1n) is 6.04. The first kappa shape index (κ1) is 11.9. The lowest BCUT2D eigenvalue weighted by atomic mass is 10.2. The highest BCUT2D eigenvalue weighted by atomic mass is 16.5. The normalized spacial score (nSPS) is 14.4. The number of anilines is 1. The number of carbonyl (C=O) groups excluding carboxylic acids is 1. The van der Waals surface area contributed by atoms with Crippen LogP contribution in [0.5, 0.6) is 0 Å². The van der Waals surface area contributed by atoms with E-state index in [1.54, 1.807) is 6.92 Å². The minimum Gasteiger partial charge on any atom is -0.450 e. The molecule has 1 aliphatic rings. The van der Waals surface area contributed by atoms with Crippen molar-refractivity contribution in [1.29, 1.82) is 0 Å². The number of hydrogen-bond acceptors (Lipinski definition) is 3. The van der Waals surface area contributed by atoms with E-state index in [1.165, 1.54) is 18.4 Å². The molecule has 0 bridgehead atoms. The van der Waals surface area contributed by atoms with Crippen LogP contribution in [-0.4, -0.2) is 18.7 Å². The maximum Gasteiger partial charge on any atom is 0.411 e. The lowest BCUT2D eigenvalue weighted by Gasteiger charge is -2.08. The van der Waals surface area contributed by atoms with E-state index < -0.39 is 6.09 Å². The van der Waals surface area contributed by atoms with Crippen molar-refractivity contribution in [2.75, 3.05) is 11.9 Å². The Balaban J connectivity index is 1.88. The lowest BCUT2D eigenvalue weighted by Crippen LogP contribution is -2.16. The molecule has 17 heavy (non-hydrogen) atoms. The second-order valence-electron chi connectivity index (χ2n) is 4.20. The zero-order chi connectivity index (χ0) is 12.1. The Kier molecular flexibility index (Phi) is 3.98. The third-order valence-corrected chi connectivity index (χ3v) is 2.62. The summed E-state index contributed by atoms with van der Waals surface area (Å²) in [5, 5.41) is 6.13. The average molecular weight is 234 g/mol. The van der Waals surface area contributed by atoms with Crippen molar-refractivity contribution < 1.29 is 9.53 Å². The molecule has 4 heteroatoms. The van der Waals surface area contributed by atoms with Crippen molar-refractivity contribution in [3.8, 4) is 0 Å². The Morgan fingerprint density at radius 1 is 1.47 bits per heavy atom. The minimum atomic E-state index is -0.403. The van der Waals surface area contributed by atoms with Gasteiger partial charge in [-0.05, 0) is 37.5 Å². The van der Waals surface area contributed by atoms with E-state index in [0.717, 1.165) is 12.2 Å². The minimum absolute atomic E-state index is 0.384. The van der Waals surface area contributed by atoms with Gasteiger partial charge in [-0.1, -0.05) is 12.1 Å². The van der Waals surface area contributed by atoms with Crippen LogP contribution in [-0.2, 0) is 11.3 Å². The molecule has 1 amide bonds. The summed E-state index contributed by atoms with van der Waals surface area (Å²) >= 11 is 0. The molecule has 1 aromatic rings. The zero-order valence-corrected chi connectivity index (χ0v) is 10.0. The van der Waals surface area contributed by atoms with Crippen LogP contribution in [0.2, 0.25) is 0 Å². The molecule has 1 aromatic carbocycles. The summed E-state index contributed by atoms with van der Waals surface area (Å²) in [5.41, 5.74) is 1.95. The van der Waals surface area contributed by atoms with E-state index in [-0.39, 0.29) is 0 Å². The molecule has 2 rings (SSSR count). The molecule has 1 fully saturated rings. The first-order valence-corrected chi connectivity index (χ1v) is 6.04. The van der Waals surface area contributed by atoms with Gasteiger partial charge in [-0.25, -0.2) is 4.79 Å². The summed E-state index contributed by atoms with van der Waals surface area (Å²) in [6.07, 6.45) is 2.15.